The molecule has 4 rings (SSSR count). The number of anilines is 1. The van der Waals surface area contributed by atoms with Gasteiger partial charge in [-0.3, -0.25) is 4.79 Å². The zero-order valence-corrected chi connectivity index (χ0v) is 15.8. The number of aliphatic hydroxyl groups excluding tert-OH is 1. The normalized spacial score (nSPS) is 21.6. The Balaban J connectivity index is 1.58. The summed E-state index contributed by atoms with van der Waals surface area (Å²) in [6.07, 6.45) is 2.08. The highest BCUT2D eigenvalue weighted by atomic mass is 16.5. The monoisotopic (exact) mass is 366 g/mol. The van der Waals surface area contributed by atoms with Gasteiger partial charge in [-0.15, -0.1) is 0 Å². The second kappa shape index (κ2) is 7.24. The molecule has 0 bridgehead atoms. The Bertz CT molecular complexity index is 843. The van der Waals surface area contributed by atoms with Crippen LogP contribution in [0.5, 0.6) is 5.75 Å². The van der Waals surface area contributed by atoms with Crippen LogP contribution in [0.1, 0.15) is 40.4 Å². The molecule has 2 aliphatic rings. The highest BCUT2D eigenvalue weighted by Gasteiger charge is 2.36. The van der Waals surface area contributed by atoms with Crippen LogP contribution in [0, 0.1) is 5.92 Å². The number of carbonyl (C=O) groups is 1. The predicted molar refractivity (Wildman–Crippen MR) is 105 cm³/mol. The molecule has 1 saturated carbocycles. The molecule has 1 amide bonds. The van der Waals surface area contributed by atoms with Crippen LogP contribution < -0.4 is 15.0 Å². The first kappa shape index (κ1) is 17.9. The van der Waals surface area contributed by atoms with Gasteiger partial charge in [0.1, 0.15) is 5.75 Å². The number of aliphatic hydroxyl groups is 1. The van der Waals surface area contributed by atoms with Gasteiger partial charge < -0.3 is 20.1 Å². The van der Waals surface area contributed by atoms with Crippen LogP contribution in [0.25, 0.3) is 0 Å². The summed E-state index contributed by atoms with van der Waals surface area (Å²) < 4.78 is 5.61. The van der Waals surface area contributed by atoms with Crippen molar-refractivity contribution >= 4 is 11.6 Å². The number of fused-ring (bicyclic) bond motifs is 1. The van der Waals surface area contributed by atoms with Crippen LogP contribution in [0.2, 0.25) is 0 Å². The molecule has 1 heterocycles. The summed E-state index contributed by atoms with van der Waals surface area (Å²) in [7, 11) is 3.92. The number of benzene rings is 2. The molecule has 27 heavy (non-hydrogen) atoms. The molecule has 2 aromatic rings. The fourth-order valence-electron chi connectivity index (χ4n) is 3.93. The molecule has 0 aromatic heterocycles. The van der Waals surface area contributed by atoms with E-state index in [2.05, 4.69) is 11.4 Å². The van der Waals surface area contributed by atoms with Crippen molar-refractivity contribution in [2.45, 2.75) is 31.4 Å². The average molecular weight is 366 g/mol. The fourth-order valence-corrected chi connectivity index (χ4v) is 3.93. The molecule has 0 spiro atoms. The lowest BCUT2D eigenvalue weighted by Crippen LogP contribution is -2.41. The van der Waals surface area contributed by atoms with Crippen molar-refractivity contribution in [1.29, 1.82) is 0 Å². The van der Waals surface area contributed by atoms with E-state index >= 15 is 0 Å². The zero-order chi connectivity index (χ0) is 19.0. The summed E-state index contributed by atoms with van der Waals surface area (Å²) in [5, 5.41) is 13.0. The van der Waals surface area contributed by atoms with Gasteiger partial charge in [0.15, 0.2) is 0 Å². The largest absolute Gasteiger partial charge is 0.493 e. The minimum atomic E-state index is -0.260. The topological polar surface area (TPSA) is 61.8 Å². The third kappa shape index (κ3) is 3.65. The van der Waals surface area contributed by atoms with Crippen molar-refractivity contribution in [3.63, 3.8) is 0 Å². The molecule has 142 valence electrons. The average Bonchev–Trinajstić information content (AvgIpc) is 3.11. The molecule has 0 unspecified atom stereocenters. The summed E-state index contributed by atoms with van der Waals surface area (Å²) in [6, 6.07) is 13.7. The number of ether oxygens (including phenoxy) is 1. The number of amides is 1. The third-order valence-corrected chi connectivity index (χ3v) is 5.61. The van der Waals surface area contributed by atoms with Gasteiger partial charge in [-0.1, -0.05) is 12.1 Å². The molecule has 1 aliphatic heterocycles. The molecule has 1 fully saturated rings. The number of rotatable bonds is 5. The first-order valence-corrected chi connectivity index (χ1v) is 9.53. The van der Waals surface area contributed by atoms with Gasteiger partial charge in [0, 0.05) is 31.8 Å². The fraction of sp³-hybridized carbons (Fsp3) is 0.409. The van der Waals surface area contributed by atoms with Gasteiger partial charge >= 0.3 is 0 Å². The number of carbonyl (C=O) groups excluding carboxylic acids is 1. The maximum atomic E-state index is 12.9. The number of hydrogen-bond donors (Lipinski definition) is 2. The molecular formula is C22H26N2O3. The highest BCUT2D eigenvalue weighted by Crippen LogP contribution is 2.40. The molecule has 1 aliphatic carbocycles. The molecule has 2 aromatic carbocycles. The summed E-state index contributed by atoms with van der Waals surface area (Å²) >= 11 is 0. The summed E-state index contributed by atoms with van der Waals surface area (Å²) in [6.45, 7) is 0.718. The van der Waals surface area contributed by atoms with Crippen LogP contribution >= 0.6 is 0 Å². The Morgan fingerprint density at radius 2 is 2.04 bits per heavy atom. The smallest absolute Gasteiger partial charge is 0.251 e. The Morgan fingerprint density at radius 3 is 2.78 bits per heavy atom. The van der Waals surface area contributed by atoms with Gasteiger partial charge in [0.05, 0.1) is 18.8 Å². The van der Waals surface area contributed by atoms with Gasteiger partial charge in [-0.05, 0) is 60.2 Å². The van der Waals surface area contributed by atoms with Crippen molar-refractivity contribution in [2.24, 2.45) is 5.92 Å². The maximum absolute atomic E-state index is 12.9. The van der Waals surface area contributed by atoms with Crippen molar-refractivity contribution in [3.8, 4) is 5.75 Å². The minimum absolute atomic E-state index is 0.0816. The molecule has 2 N–H and O–H groups in total. The van der Waals surface area contributed by atoms with Gasteiger partial charge in [0.2, 0.25) is 0 Å². The maximum Gasteiger partial charge on any atom is 0.251 e. The minimum Gasteiger partial charge on any atom is -0.493 e. The lowest BCUT2D eigenvalue weighted by Gasteiger charge is -2.38. The van der Waals surface area contributed by atoms with Crippen molar-refractivity contribution < 1.29 is 14.6 Å². The molecular weight excluding hydrogens is 340 g/mol. The van der Waals surface area contributed by atoms with E-state index in [4.69, 9.17) is 4.74 Å². The van der Waals surface area contributed by atoms with Gasteiger partial charge in [-0.25, -0.2) is 0 Å². The standard InChI is InChI=1S/C22H26N2O3/c1-24(2)18-5-3-4-16(11-18)22(26)23-21(17-12-19(25)13-17)15-6-7-20-14(10-15)8-9-27-20/h3-7,10-11,17,19,21,25H,8-9,12-13H2,1-2H3,(H,23,26)/t17?,19?,21-/m0/s1. The Hall–Kier alpha value is -2.53. The summed E-state index contributed by atoms with van der Waals surface area (Å²) in [5.41, 5.74) is 3.93. The van der Waals surface area contributed by atoms with Crippen LogP contribution in [-0.2, 0) is 6.42 Å². The van der Waals surface area contributed by atoms with E-state index in [9.17, 15) is 9.90 Å². The van der Waals surface area contributed by atoms with Crippen molar-refractivity contribution in [2.75, 3.05) is 25.6 Å². The van der Waals surface area contributed by atoms with Crippen LogP contribution in [0.4, 0.5) is 5.69 Å². The second-order valence-electron chi connectivity index (χ2n) is 7.75. The van der Waals surface area contributed by atoms with Crippen LogP contribution in [0.15, 0.2) is 42.5 Å². The molecule has 5 heteroatoms. The van der Waals surface area contributed by atoms with Crippen LogP contribution in [-0.4, -0.2) is 37.8 Å². The molecule has 5 nitrogen and oxygen atoms in total. The third-order valence-electron chi connectivity index (χ3n) is 5.61. The summed E-state index contributed by atoms with van der Waals surface area (Å²) in [4.78, 5) is 14.9. The number of nitrogens with zero attached hydrogens (tertiary/aromatic N) is 1. The van der Waals surface area contributed by atoms with E-state index in [1.807, 2.05) is 55.4 Å². The molecule has 0 radical (unpaired) electrons. The van der Waals surface area contributed by atoms with Crippen molar-refractivity contribution in [1.82, 2.24) is 5.32 Å². The Labute approximate surface area is 160 Å². The summed E-state index contributed by atoms with van der Waals surface area (Å²) in [5.74, 6) is 1.11. The lowest BCUT2D eigenvalue weighted by molar-refractivity contribution is 0.0235. The number of hydrogen-bond acceptors (Lipinski definition) is 4. The first-order valence-electron chi connectivity index (χ1n) is 9.53. The van der Waals surface area contributed by atoms with E-state index in [0.29, 0.717) is 5.56 Å². The van der Waals surface area contributed by atoms with E-state index in [0.717, 1.165) is 42.9 Å². The SMILES string of the molecule is CN(C)c1cccc(C(=O)N[C@@H](c2ccc3c(c2)CCO3)C2CC(O)C2)c1. The van der Waals surface area contributed by atoms with E-state index in [-0.39, 0.29) is 24.0 Å². The van der Waals surface area contributed by atoms with Crippen molar-refractivity contribution in [3.05, 3.63) is 59.2 Å². The zero-order valence-electron chi connectivity index (χ0n) is 15.8. The van der Waals surface area contributed by atoms with Gasteiger partial charge in [-0.2, -0.15) is 0 Å². The quantitative estimate of drug-likeness (QED) is 0.854. The van der Waals surface area contributed by atoms with E-state index < -0.39 is 0 Å². The van der Waals surface area contributed by atoms with E-state index in [1.165, 1.54) is 5.56 Å². The molecule has 0 saturated heterocycles. The Morgan fingerprint density at radius 1 is 1.22 bits per heavy atom. The number of nitrogens with one attached hydrogen (secondary N) is 1. The first-order chi connectivity index (χ1) is 13.0. The predicted octanol–water partition coefficient (Wildman–Crippen LogP) is 2.93. The van der Waals surface area contributed by atoms with E-state index in [1.54, 1.807) is 0 Å². The lowest BCUT2D eigenvalue weighted by atomic mass is 9.74. The highest BCUT2D eigenvalue weighted by molar-refractivity contribution is 5.95. The molecule has 1 atom stereocenters. The Kier molecular flexibility index (Phi) is 4.79. The second-order valence-corrected chi connectivity index (χ2v) is 7.75. The van der Waals surface area contributed by atoms with Gasteiger partial charge in [0.25, 0.3) is 5.91 Å². The van der Waals surface area contributed by atoms with Crippen LogP contribution in [0.3, 0.4) is 0 Å².